The van der Waals surface area contributed by atoms with Crippen LogP contribution in [0.1, 0.15) is 60.6 Å². The third-order valence-corrected chi connectivity index (χ3v) is 5.41. The molecule has 0 unspecified atom stereocenters. The molecule has 1 aliphatic carbocycles. The second-order valence-corrected chi connectivity index (χ2v) is 7.45. The molecule has 2 heterocycles. The average Bonchev–Trinajstić information content (AvgIpc) is 3.33. The molecule has 2 fully saturated rings. The van der Waals surface area contributed by atoms with E-state index in [9.17, 15) is 4.79 Å². The van der Waals surface area contributed by atoms with Crippen LogP contribution in [0.3, 0.4) is 0 Å². The van der Waals surface area contributed by atoms with Crippen molar-refractivity contribution in [3.05, 3.63) is 35.7 Å². The lowest BCUT2D eigenvalue weighted by Gasteiger charge is -2.19. The van der Waals surface area contributed by atoms with Crippen molar-refractivity contribution in [3.63, 3.8) is 0 Å². The van der Waals surface area contributed by atoms with Crippen molar-refractivity contribution in [2.45, 2.75) is 50.5 Å². The molecule has 0 radical (unpaired) electrons. The van der Waals surface area contributed by atoms with E-state index in [1.165, 1.54) is 12.8 Å². The molecule has 1 saturated carbocycles. The van der Waals surface area contributed by atoms with Gasteiger partial charge < -0.3 is 10.1 Å². The van der Waals surface area contributed by atoms with Gasteiger partial charge in [-0.25, -0.2) is 4.68 Å². The summed E-state index contributed by atoms with van der Waals surface area (Å²) in [6, 6.07) is 7.36. The minimum atomic E-state index is -0.195. The zero-order chi connectivity index (χ0) is 18.6. The van der Waals surface area contributed by atoms with Crippen molar-refractivity contribution in [1.82, 2.24) is 20.1 Å². The highest BCUT2D eigenvalue weighted by atomic mass is 16.5. The van der Waals surface area contributed by atoms with Gasteiger partial charge in [0.05, 0.1) is 6.10 Å². The van der Waals surface area contributed by atoms with Crippen molar-refractivity contribution in [2.75, 3.05) is 18.4 Å². The molecular weight excluding hydrogens is 342 g/mol. The molecule has 7 heteroatoms. The number of hydrogen-bond donors (Lipinski definition) is 2. The molecule has 1 aliphatic heterocycles. The quantitative estimate of drug-likeness (QED) is 0.847. The van der Waals surface area contributed by atoms with Gasteiger partial charge in [0.2, 0.25) is 5.95 Å². The third-order valence-electron chi connectivity index (χ3n) is 5.41. The van der Waals surface area contributed by atoms with Gasteiger partial charge >= 0.3 is 0 Å². The number of amides is 1. The molecule has 1 amide bonds. The zero-order valence-electron chi connectivity index (χ0n) is 15.8. The Balaban J connectivity index is 1.43. The number of carbonyl (C=O) groups is 1. The van der Waals surface area contributed by atoms with E-state index in [1.54, 1.807) is 16.8 Å². The van der Waals surface area contributed by atoms with E-state index in [-0.39, 0.29) is 12.0 Å². The molecule has 1 saturated heterocycles. The van der Waals surface area contributed by atoms with E-state index < -0.39 is 0 Å². The van der Waals surface area contributed by atoms with E-state index in [0.717, 1.165) is 50.3 Å². The highest BCUT2D eigenvalue weighted by molar-refractivity contribution is 6.03. The summed E-state index contributed by atoms with van der Waals surface area (Å²) in [6.45, 7) is 1.97. The number of aromatic nitrogens is 3. The Morgan fingerprint density at radius 2 is 2.00 bits per heavy atom. The van der Waals surface area contributed by atoms with Crippen LogP contribution in [0, 0.1) is 0 Å². The number of benzene rings is 1. The van der Waals surface area contributed by atoms with Crippen LogP contribution in [0.5, 0.6) is 5.75 Å². The van der Waals surface area contributed by atoms with Gasteiger partial charge in [0.1, 0.15) is 5.75 Å². The zero-order valence-corrected chi connectivity index (χ0v) is 15.8. The van der Waals surface area contributed by atoms with Gasteiger partial charge in [-0.15, -0.1) is 0 Å². The van der Waals surface area contributed by atoms with Crippen LogP contribution in [-0.4, -0.2) is 39.9 Å². The molecule has 0 spiro atoms. The van der Waals surface area contributed by atoms with Gasteiger partial charge in [-0.3, -0.25) is 10.1 Å². The van der Waals surface area contributed by atoms with Crippen LogP contribution < -0.4 is 15.4 Å². The highest BCUT2D eigenvalue weighted by Gasteiger charge is 2.22. The lowest BCUT2D eigenvalue weighted by Crippen LogP contribution is -2.27. The van der Waals surface area contributed by atoms with Gasteiger partial charge in [-0.2, -0.15) is 10.1 Å². The summed E-state index contributed by atoms with van der Waals surface area (Å²) in [6.07, 6.45) is 6.95. The lowest BCUT2D eigenvalue weighted by atomic mass is 9.98. The van der Waals surface area contributed by atoms with E-state index >= 15 is 0 Å². The van der Waals surface area contributed by atoms with Crippen LogP contribution in [0.2, 0.25) is 0 Å². The standard InChI is InChI=1S/C20H27N5O2/c1-25-20(22-18(24-25)14-9-11-21-12-10-14)23-19(26)15-5-4-8-17(13-15)27-16-6-2-3-7-16/h4-5,8,13-14,16,21H,2-3,6-7,9-12H2,1H3,(H,22,23,24,26). The molecule has 2 aromatic rings. The first-order valence-electron chi connectivity index (χ1n) is 9.89. The summed E-state index contributed by atoms with van der Waals surface area (Å²) in [5, 5.41) is 10.7. The second kappa shape index (κ2) is 8.08. The minimum Gasteiger partial charge on any atom is -0.490 e. The van der Waals surface area contributed by atoms with E-state index in [0.29, 0.717) is 17.4 Å². The normalized spacial score (nSPS) is 18.6. The van der Waals surface area contributed by atoms with Gasteiger partial charge in [0.25, 0.3) is 5.91 Å². The number of carbonyl (C=O) groups excluding carboxylic acids is 1. The Kier molecular flexibility index (Phi) is 5.38. The molecule has 0 atom stereocenters. The van der Waals surface area contributed by atoms with Gasteiger partial charge in [-0.1, -0.05) is 6.07 Å². The Hall–Kier alpha value is -2.41. The van der Waals surface area contributed by atoms with Crippen molar-refractivity contribution in [3.8, 4) is 5.75 Å². The molecule has 2 aliphatic rings. The van der Waals surface area contributed by atoms with E-state index in [2.05, 4.69) is 20.7 Å². The maximum Gasteiger partial charge on any atom is 0.258 e. The van der Waals surface area contributed by atoms with Crippen molar-refractivity contribution in [2.24, 2.45) is 7.05 Å². The average molecular weight is 369 g/mol. The molecule has 144 valence electrons. The fraction of sp³-hybridized carbons (Fsp3) is 0.550. The highest BCUT2D eigenvalue weighted by Crippen LogP contribution is 2.25. The predicted molar refractivity (Wildman–Crippen MR) is 103 cm³/mol. The molecule has 0 bridgehead atoms. The summed E-state index contributed by atoms with van der Waals surface area (Å²) in [5.74, 6) is 2.21. The monoisotopic (exact) mass is 369 g/mol. The number of nitrogens with zero attached hydrogens (tertiary/aromatic N) is 3. The van der Waals surface area contributed by atoms with Gasteiger partial charge in [0.15, 0.2) is 5.82 Å². The van der Waals surface area contributed by atoms with Crippen molar-refractivity contribution in [1.29, 1.82) is 0 Å². The summed E-state index contributed by atoms with van der Waals surface area (Å²) in [5.41, 5.74) is 0.567. The number of rotatable bonds is 5. The van der Waals surface area contributed by atoms with E-state index in [4.69, 9.17) is 4.74 Å². The molecule has 7 nitrogen and oxygen atoms in total. The first kappa shape index (κ1) is 18.0. The maximum absolute atomic E-state index is 12.7. The van der Waals surface area contributed by atoms with Crippen LogP contribution in [-0.2, 0) is 7.05 Å². The number of piperidine rings is 1. The van der Waals surface area contributed by atoms with Crippen LogP contribution in [0.4, 0.5) is 5.95 Å². The fourth-order valence-corrected chi connectivity index (χ4v) is 3.85. The number of aryl methyl sites for hydroxylation is 1. The predicted octanol–water partition coefficient (Wildman–Crippen LogP) is 2.86. The minimum absolute atomic E-state index is 0.195. The van der Waals surface area contributed by atoms with Crippen molar-refractivity contribution >= 4 is 11.9 Å². The van der Waals surface area contributed by atoms with Gasteiger partial charge in [-0.05, 0) is 69.8 Å². The lowest BCUT2D eigenvalue weighted by molar-refractivity contribution is 0.102. The Bertz CT molecular complexity index is 791. The summed E-state index contributed by atoms with van der Waals surface area (Å²) in [4.78, 5) is 17.2. The van der Waals surface area contributed by atoms with Crippen molar-refractivity contribution < 1.29 is 9.53 Å². The maximum atomic E-state index is 12.7. The SMILES string of the molecule is Cn1nc(C2CCNCC2)nc1NC(=O)c1cccc(OC2CCCC2)c1. The first-order chi connectivity index (χ1) is 13.2. The summed E-state index contributed by atoms with van der Waals surface area (Å²) in [7, 11) is 1.81. The topological polar surface area (TPSA) is 81.1 Å². The summed E-state index contributed by atoms with van der Waals surface area (Å²) < 4.78 is 7.65. The van der Waals surface area contributed by atoms with Crippen LogP contribution in [0.15, 0.2) is 24.3 Å². The second-order valence-electron chi connectivity index (χ2n) is 7.45. The third kappa shape index (κ3) is 4.30. The Morgan fingerprint density at radius 3 is 2.78 bits per heavy atom. The molecule has 27 heavy (non-hydrogen) atoms. The van der Waals surface area contributed by atoms with E-state index in [1.807, 2.05) is 19.2 Å². The largest absolute Gasteiger partial charge is 0.490 e. The number of nitrogens with one attached hydrogen (secondary N) is 2. The smallest absolute Gasteiger partial charge is 0.258 e. The van der Waals surface area contributed by atoms with Crippen LogP contribution in [0.25, 0.3) is 0 Å². The molecular formula is C20H27N5O2. The fourth-order valence-electron chi connectivity index (χ4n) is 3.85. The Labute approximate surface area is 159 Å². The van der Waals surface area contributed by atoms with Gasteiger partial charge in [0, 0.05) is 18.5 Å². The molecule has 1 aromatic heterocycles. The Morgan fingerprint density at radius 1 is 1.22 bits per heavy atom. The molecule has 1 aromatic carbocycles. The molecule has 2 N–H and O–H groups in total. The number of anilines is 1. The molecule has 4 rings (SSSR count). The first-order valence-corrected chi connectivity index (χ1v) is 9.89. The van der Waals surface area contributed by atoms with Crippen LogP contribution >= 0.6 is 0 Å². The number of hydrogen-bond acceptors (Lipinski definition) is 5. The summed E-state index contributed by atoms with van der Waals surface area (Å²) >= 11 is 0. The number of ether oxygens (including phenoxy) is 1.